The second-order valence-electron chi connectivity index (χ2n) is 0. The largest absolute Gasteiger partial charge is 1.00 e. The Hall–Kier alpha value is 1.21. The van der Waals surface area contributed by atoms with Gasteiger partial charge < -0.3 is 12.4 Å². The molecule has 0 aromatic rings. The molecule has 26 valence electrons. The molecule has 0 fully saturated rings. The number of halogens is 1. The van der Waals surface area contributed by atoms with E-state index < -0.39 is 0 Å². The van der Waals surface area contributed by atoms with E-state index in [0.29, 0.717) is 0 Å². The Morgan fingerprint density at radius 2 is 0.750 bits per heavy atom. The van der Waals surface area contributed by atoms with Crippen molar-refractivity contribution in [1.29, 1.82) is 0 Å². The van der Waals surface area contributed by atoms with Crippen LogP contribution in [-0.4, -0.2) is 27.3 Å². The van der Waals surface area contributed by atoms with Gasteiger partial charge in [0.05, 0.1) is 0 Å². The van der Waals surface area contributed by atoms with Gasteiger partial charge in [-0.05, 0) is 0 Å². The zero-order chi connectivity index (χ0) is 0. The van der Waals surface area contributed by atoms with Gasteiger partial charge in [-0.2, -0.15) is 0 Å². The summed E-state index contributed by atoms with van der Waals surface area (Å²) in [5, 5.41) is 0. The van der Waals surface area contributed by atoms with E-state index in [2.05, 4.69) is 0 Å². The Morgan fingerprint density at radius 1 is 0.750 bits per heavy atom. The molecule has 0 nitrogen and oxygen atoms in total. The van der Waals surface area contributed by atoms with Gasteiger partial charge in [0, 0.05) is 0 Å². The summed E-state index contributed by atoms with van der Waals surface area (Å²) in [6.45, 7) is 0. The Balaban J connectivity index is 0. The first-order chi connectivity index (χ1) is 0. The smallest absolute Gasteiger partial charge is 1.00 e. The molecule has 0 aliphatic rings. The van der Waals surface area contributed by atoms with Crippen molar-refractivity contribution < 1.29 is 12.4 Å². The maximum Gasteiger partial charge on any atom is 1.00 e. The van der Waals surface area contributed by atoms with E-state index in [4.69, 9.17) is 0 Å². The molecule has 0 saturated carbocycles. The topological polar surface area (TPSA) is 0 Å². The van der Waals surface area contributed by atoms with Gasteiger partial charge in [0.2, 0.25) is 0 Å². The van der Waals surface area contributed by atoms with Gasteiger partial charge in [-0.1, -0.05) is 14.9 Å². The fraction of sp³-hybridized carbons (Fsp3) is 1.00. The van der Waals surface area contributed by atoms with Crippen molar-refractivity contribution in [1.82, 2.24) is 0 Å². The first-order valence-corrected chi connectivity index (χ1v) is 0. The Kier molecular flexibility index (Phi) is 465. The fourth-order valence-corrected chi connectivity index (χ4v) is 0. The van der Waals surface area contributed by atoms with Gasteiger partial charge in [0.15, 0.2) is 0 Å². The van der Waals surface area contributed by atoms with E-state index >= 15 is 0 Å². The molecule has 0 aromatic carbocycles. The zero-order valence-electron chi connectivity index (χ0n) is 0.955. The van der Waals surface area contributed by atoms with Crippen molar-refractivity contribution in [3.05, 3.63) is 0 Å². The molecule has 2 heteroatoms. The van der Waals surface area contributed by atoms with Crippen molar-refractivity contribution in [3.63, 3.8) is 0 Å². The summed E-state index contributed by atoms with van der Waals surface area (Å²) >= 11 is 0. The molecule has 0 bridgehead atoms. The van der Waals surface area contributed by atoms with E-state index in [0.717, 1.165) is 0 Å². The maximum absolute atomic E-state index is 0. The molecule has 0 unspecified atom stereocenters. The quantitative estimate of drug-likeness (QED) is 0.443. The van der Waals surface area contributed by atoms with Crippen LogP contribution in [0.3, 0.4) is 0 Å². The van der Waals surface area contributed by atoms with Crippen molar-refractivity contribution in [3.8, 4) is 0 Å². The van der Waals surface area contributed by atoms with Gasteiger partial charge in [-0.15, -0.1) is 0 Å². The number of hydrogen-bond acceptors (Lipinski definition) is 0. The number of rotatable bonds is 0. The molecular weight excluding hydrogens is 264 g/mol. The molecule has 0 amide bonds. The average Bonchev–Trinajstić information content (AvgIpc) is 0. The molecule has 0 aromatic heterocycles. The third-order valence-corrected chi connectivity index (χ3v) is 0. The molecular formula is C2H8ClTl. The number of hydrogen-bond donors (Lipinski definition) is 0. The van der Waals surface area contributed by atoms with Gasteiger partial charge >= 0.3 is 27.3 Å². The van der Waals surface area contributed by atoms with Crippen LogP contribution in [0.4, 0.5) is 0 Å². The second kappa shape index (κ2) is 29.6. The summed E-state index contributed by atoms with van der Waals surface area (Å²) in [6.07, 6.45) is 0. The van der Waals surface area contributed by atoms with Gasteiger partial charge in [0.25, 0.3) is 0 Å². The van der Waals surface area contributed by atoms with Crippen LogP contribution >= 0.6 is 0 Å². The van der Waals surface area contributed by atoms with E-state index in [9.17, 15) is 0 Å². The van der Waals surface area contributed by atoms with Gasteiger partial charge in [0.1, 0.15) is 0 Å². The van der Waals surface area contributed by atoms with E-state index in [1.165, 1.54) is 0 Å². The predicted octanol–water partition coefficient (Wildman–Crippen LogP) is -2.10. The first kappa shape index (κ1) is 62.9. The van der Waals surface area contributed by atoms with Crippen LogP contribution in [0.5, 0.6) is 0 Å². The van der Waals surface area contributed by atoms with Gasteiger partial charge in [-0.3, -0.25) is 0 Å². The molecule has 0 spiro atoms. The summed E-state index contributed by atoms with van der Waals surface area (Å²) < 4.78 is 0. The van der Waals surface area contributed by atoms with E-state index in [-0.39, 0.29) is 54.6 Å². The minimum Gasteiger partial charge on any atom is -1.00 e. The van der Waals surface area contributed by atoms with Gasteiger partial charge in [-0.25, -0.2) is 0 Å². The van der Waals surface area contributed by atoms with Crippen LogP contribution in [0.2, 0.25) is 0 Å². The Labute approximate surface area is 54.5 Å². The third-order valence-electron chi connectivity index (χ3n) is 0. The summed E-state index contributed by atoms with van der Waals surface area (Å²) in [7, 11) is 0. The van der Waals surface area contributed by atoms with Crippen LogP contribution in [0.1, 0.15) is 14.9 Å². The normalized spacial score (nSPS) is 0. The molecule has 0 N–H and O–H groups in total. The minimum atomic E-state index is 0. The van der Waals surface area contributed by atoms with Crippen LogP contribution in [0, 0.1) is 0 Å². The maximum atomic E-state index is 0. The average molecular weight is 272 g/mol. The fourth-order valence-electron chi connectivity index (χ4n) is 0. The van der Waals surface area contributed by atoms with Crippen LogP contribution < -0.4 is 12.4 Å². The summed E-state index contributed by atoms with van der Waals surface area (Å²) in [4.78, 5) is 0. The molecule has 0 atom stereocenters. The standard InChI is InChI=1S/2CH4.ClH.Tl/h2*1H4;1H;/q;;;+1/p-1. The monoisotopic (exact) mass is 272 g/mol. The molecule has 4 heavy (non-hydrogen) atoms. The summed E-state index contributed by atoms with van der Waals surface area (Å²) in [5.74, 6) is 0. The molecule has 0 saturated heterocycles. The van der Waals surface area contributed by atoms with Crippen LogP contribution in [0.25, 0.3) is 0 Å². The van der Waals surface area contributed by atoms with Crippen molar-refractivity contribution in [2.24, 2.45) is 0 Å². The minimum absolute atomic E-state index is 0. The second-order valence-corrected chi connectivity index (χ2v) is 0. The Bertz CT molecular complexity index is 6.00. The van der Waals surface area contributed by atoms with Crippen molar-refractivity contribution in [2.75, 3.05) is 0 Å². The molecule has 0 aliphatic heterocycles. The first-order valence-electron chi connectivity index (χ1n) is 0. The van der Waals surface area contributed by atoms with E-state index in [1.807, 2.05) is 0 Å². The molecule has 0 aliphatic carbocycles. The predicted molar refractivity (Wildman–Crippen MR) is 19.2 cm³/mol. The summed E-state index contributed by atoms with van der Waals surface area (Å²) in [6, 6.07) is 0. The van der Waals surface area contributed by atoms with E-state index in [1.54, 1.807) is 0 Å². The third kappa shape index (κ3) is 10.7. The SMILES string of the molecule is C.C.[Cl-].[Tl+]. The van der Waals surface area contributed by atoms with Crippen LogP contribution in [-0.2, 0) is 0 Å². The summed E-state index contributed by atoms with van der Waals surface area (Å²) in [5.41, 5.74) is 0. The Morgan fingerprint density at radius 3 is 0.750 bits per heavy atom. The molecule has 0 heterocycles. The van der Waals surface area contributed by atoms with Crippen molar-refractivity contribution in [2.45, 2.75) is 14.9 Å². The van der Waals surface area contributed by atoms with Crippen LogP contribution in [0.15, 0.2) is 0 Å². The molecule has 0 rings (SSSR count). The zero-order valence-corrected chi connectivity index (χ0v) is 6.20. The molecule has 0 radical (unpaired) electrons. The van der Waals surface area contributed by atoms with Crippen molar-refractivity contribution >= 4 is 27.3 Å².